The van der Waals surface area contributed by atoms with E-state index in [1.807, 2.05) is 20.0 Å². The largest absolute Gasteiger partial charge is 0.360 e. The number of nitrogens with zero attached hydrogens (tertiary/aromatic N) is 4. The maximum Gasteiger partial charge on any atom is 0.276 e. The average molecular weight is 314 g/mol. The fourth-order valence-corrected chi connectivity index (χ4v) is 2.63. The average Bonchev–Trinajstić information content (AvgIpc) is 3.12. The highest BCUT2D eigenvalue weighted by atomic mass is 16.5. The molecule has 2 aromatic rings. The molecule has 1 amide bonds. The van der Waals surface area contributed by atoms with Crippen molar-refractivity contribution < 1.29 is 9.32 Å². The summed E-state index contributed by atoms with van der Waals surface area (Å²) < 4.78 is 5.22. The Morgan fingerprint density at radius 1 is 1.30 bits per heavy atom. The quantitative estimate of drug-likeness (QED) is 0.867. The lowest BCUT2D eigenvalue weighted by molar-refractivity contribution is 0.0739. The van der Waals surface area contributed by atoms with E-state index in [-0.39, 0.29) is 11.8 Å². The van der Waals surface area contributed by atoms with Crippen molar-refractivity contribution >= 4 is 5.91 Å². The van der Waals surface area contributed by atoms with Crippen molar-refractivity contribution in [1.82, 2.24) is 20.0 Å². The van der Waals surface area contributed by atoms with Crippen LogP contribution in [-0.4, -0.2) is 25.9 Å². The van der Waals surface area contributed by atoms with Gasteiger partial charge in [-0.2, -0.15) is 0 Å². The topological polar surface area (TPSA) is 72.1 Å². The first kappa shape index (κ1) is 15.6. The molecule has 0 atom stereocenters. The number of aromatic nitrogens is 3. The smallest absolute Gasteiger partial charge is 0.276 e. The summed E-state index contributed by atoms with van der Waals surface area (Å²) in [6, 6.07) is 1.73. The first-order valence-corrected chi connectivity index (χ1v) is 8.03. The van der Waals surface area contributed by atoms with Crippen LogP contribution >= 0.6 is 0 Å². The Kier molecular flexibility index (Phi) is 4.15. The molecule has 6 nitrogen and oxygen atoms in total. The summed E-state index contributed by atoms with van der Waals surface area (Å²) in [7, 11) is 0. The molecule has 23 heavy (non-hydrogen) atoms. The van der Waals surface area contributed by atoms with Crippen molar-refractivity contribution in [3.05, 3.63) is 40.8 Å². The van der Waals surface area contributed by atoms with Gasteiger partial charge in [-0.25, -0.2) is 9.97 Å². The highest BCUT2D eigenvalue weighted by molar-refractivity contribution is 5.92. The Morgan fingerprint density at radius 2 is 2.09 bits per heavy atom. The van der Waals surface area contributed by atoms with Crippen LogP contribution in [0, 0.1) is 5.92 Å². The second-order valence-corrected chi connectivity index (χ2v) is 6.79. The van der Waals surface area contributed by atoms with Crippen molar-refractivity contribution in [3.8, 4) is 0 Å². The van der Waals surface area contributed by atoms with Crippen molar-refractivity contribution in [2.24, 2.45) is 5.92 Å². The number of hydrogen-bond acceptors (Lipinski definition) is 5. The third-order valence-corrected chi connectivity index (χ3v) is 3.90. The molecule has 3 heterocycles. The number of carbonyl (C=O) groups is 1. The maximum absolute atomic E-state index is 12.6. The van der Waals surface area contributed by atoms with E-state index < -0.39 is 0 Å². The van der Waals surface area contributed by atoms with E-state index in [1.54, 1.807) is 11.0 Å². The molecule has 0 N–H and O–H groups in total. The van der Waals surface area contributed by atoms with Crippen LogP contribution < -0.4 is 0 Å². The SMILES string of the molecule is CC(C)Cc1ncc2c(n1)CN(C(=O)c1cc(C(C)C)on1)C2. The summed E-state index contributed by atoms with van der Waals surface area (Å²) in [6.45, 7) is 9.33. The minimum absolute atomic E-state index is 0.121. The summed E-state index contributed by atoms with van der Waals surface area (Å²) in [5.41, 5.74) is 2.31. The van der Waals surface area contributed by atoms with Gasteiger partial charge in [0.15, 0.2) is 5.69 Å². The van der Waals surface area contributed by atoms with Crippen molar-refractivity contribution in [2.75, 3.05) is 0 Å². The van der Waals surface area contributed by atoms with Crippen LogP contribution in [0.2, 0.25) is 0 Å². The normalized spacial score (nSPS) is 13.9. The van der Waals surface area contributed by atoms with Gasteiger partial charge in [0.25, 0.3) is 5.91 Å². The molecule has 0 spiro atoms. The fraction of sp³-hybridized carbons (Fsp3) is 0.529. The highest BCUT2D eigenvalue weighted by Gasteiger charge is 2.28. The zero-order valence-electron chi connectivity index (χ0n) is 14.0. The Hall–Kier alpha value is -2.24. The van der Waals surface area contributed by atoms with E-state index in [0.29, 0.717) is 24.7 Å². The van der Waals surface area contributed by atoms with Gasteiger partial charge in [0.2, 0.25) is 0 Å². The fourth-order valence-electron chi connectivity index (χ4n) is 2.63. The van der Waals surface area contributed by atoms with E-state index in [1.165, 1.54) is 0 Å². The van der Waals surface area contributed by atoms with Gasteiger partial charge in [0, 0.05) is 36.7 Å². The lowest BCUT2D eigenvalue weighted by Crippen LogP contribution is -2.25. The number of amides is 1. The Balaban J connectivity index is 1.74. The van der Waals surface area contributed by atoms with Crippen LogP contribution in [0.4, 0.5) is 0 Å². The molecule has 0 radical (unpaired) electrons. The molecular formula is C17H22N4O2. The molecule has 1 aliphatic rings. The van der Waals surface area contributed by atoms with Crippen molar-refractivity contribution in [2.45, 2.75) is 53.1 Å². The zero-order chi connectivity index (χ0) is 16.6. The Morgan fingerprint density at radius 3 is 2.74 bits per heavy atom. The first-order chi connectivity index (χ1) is 10.9. The van der Waals surface area contributed by atoms with Gasteiger partial charge in [-0.3, -0.25) is 4.79 Å². The molecule has 0 saturated heterocycles. The summed E-state index contributed by atoms with van der Waals surface area (Å²) >= 11 is 0. The van der Waals surface area contributed by atoms with Crippen LogP contribution in [0.1, 0.15) is 66.9 Å². The summed E-state index contributed by atoms with van der Waals surface area (Å²) in [5.74, 6) is 2.17. The lowest BCUT2D eigenvalue weighted by atomic mass is 10.1. The first-order valence-electron chi connectivity index (χ1n) is 8.03. The summed E-state index contributed by atoms with van der Waals surface area (Å²) in [4.78, 5) is 23.3. The lowest BCUT2D eigenvalue weighted by Gasteiger charge is -2.12. The minimum atomic E-state index is -0.121. The van der Waals surface area contributed by atoms with Crippen LogP contribution in [0.15, 0.2) is 16.8 Å². The Bertz CT molecular complexity index is 721. The van der Waals surface area contributed by atoms with E-state index in [2.05, 4.69) is 29.0 Å². The number of carbonyl (C=O) groups excluding carboxylic acids is 1. The molecule has 3 rings (SSSR count). The maximum atomic E-state index is 12.6. The molecule has 0 aromatic carbocycles. The van der Waals surface area contributed by atoms with Crippen molar-refractivity contribution in [1.29, 1.82) is 0 Å². The molecule has 0 saturated carbocycles. The molecule has 0 bridgehead atoms. The van der Waals surface area contributed by atoms with Gasteiger partial charge in [-0.15, -0.1) is 0 Å². The third kappa shape index (κ3) is 3.25. The monoisotopic (exact) mass is 314 g/mol. The van der Waals surface area contributed by atoms with E-state index >= 15 is 0 Å². The van der Waals surface area contributed by atoms with E-state index in [9.17, 15) is 4.79 Å². The number of hydrogen-bond donors (Lipinski definition) is 0. The predicted molar refractivity (Wildman–Crippen MR) is 84.7 cm³/mol. The van der Waals surface area contributed by atoms with Gasteiger partial charge >= 0.3 is 0 Å². The molecule has 0 aliphatic carbocycles. The summed E-state index contributed by atoms with van der Waals surface area (Å²) in [5, 5.41) is 3.90. The second-order valence-electron chi connectivity index (χ2n) is 6.79. The zero-order valence-corrected chi connectivity index (χ0v) is 14.0. The van der Waals surface area contributed by atoms with Crippen molar-refractivity contribution in [3.63, 3.8) is 0 Å². The van der Waals surface area contributed by atoms with Gasteiger partial charge in [0.05, 0.1) is 12.2 Å². The summed E-state index contributed by atoms with van der Waals surface area (Å²) in [6.07, 6.45) is 2.69. The standard InChI is InChI=1S/C17H22N4O2/c1-10(2)5-16-18-7-12-8-21(9-14(12)19-16)17(22)13-6-15(11(3)4)23-20-13/h6-7,10-11H,5,8-9H2,1-4H3. The molecule has 0 unspecified atom stereocenters. The molecule has 6 heteroatoms. The van der Waals surface area contributed by atoms with E-state index in [0.717, 1.165) is 29.3 Å². The van der Waals surface area contributed by atoms with E-state index in [4.69, 9.17) is 4.52 Å². The number of fused-ring (bicyclic) bond motifs is 1. The van der Waals surface area contributed by atoms with Crippen LogP contribution in [0.3, 0.4) is 0 Å². The minimum Gasteiger partial charge on any atom is -0.360 e. The molecule has 1 aliphatic heterocycles. The third-order valence-electron chi connectivity index (χ3n) is 3.90. The second kappa shape index (κ2) is 6.10. The van der Waals surface area contributed by atoms with Crippen LogP contribution in [0.25, 0.3) is 0 Å². The van der Waals surface area contributed by atoms with Gasteiger partial charge in [0.1, 0.15) is 11.6 Å². The predicted octanol–water partition coefficient (Wildman–Crippen LogP) is 2.94. The number of rotatable bonds is 4. The van der Waals surface area contributed by atoms with Gasteiger partial charge in [-0.05, 0) is 5.92 Å². The highest BCUT2D eigenvalue weighted by Crippen LogP contribution is 2.23. The molecular weight excluding hydrogens is 292 g/mol. The van der Waals surface area contributed by atoms with Gasteiger partial charge < -0.3 is 9.42 Å². The molecule has 122 valence electrons. The van der Waals surface area contributed by atoms with Crippen LogP contribution in [0.5, 0.6) is 0 Å². The van der Waals surface area contributed by atoms with Gasteiger partial charge in [-0.1, -0.05) is 32.9 Å². The molecule has 0 fully saturated rings. The van der Waals surface area contributed by atoms with Crippen LogP contribution in [-0.2, 0) is 19.5 Å². The molecule has 2 aromatic heterocycles. The Labute approximate surface area is 135 Å².